The number of esters is 1. The van der Waals surface area contributed by atoms with E-state index >= 15 is 0 Å². The molecular weight excluding hydrogens is 279 g/mol. The van der Waals surface area contributed by atoms with Crippen LogP contribution in [0.4, 0.5) is 9.39 Å². The van der Waals surface area contributed by atoms with E-state index in [2.05, 4.69) is 9.72 Å². The van der Waals surface area contributed by atoms with Crippen LogP contribution in [0.2, 0.25) is 5.02 Å². The number of nitrogens with two attached hydrogens (primary N) is 1. The van der Waals surface area contributed by atoms with Gasteiger partial charge in [0, 0.05) is 10.6 Å². The number of anilines is 1. The lowest BCUT2D eigenvalue weighted by Crippen LogP contribution is -2.04. The molecule has 7 heteroatoms. The van der Waals surface area contributed by atoms with Gasteiger partial charge in [-0.25, -0.2) is 14.2 Å². The fraction of sp³-hybridized carbons (Fsp3) is 0.0909. The first kappa shape index (κ1) is 12.8. The third kappa shape index (κ3) is 2.30. The molecule has 1 heterocycles. The molecule has 0 saturated heterocycles. The molecule has 0 aliphatic rings. The van der Waals surface area contributed by atoms with Crippen molar-refractivity contribution in [3.63, 3.8) is 0 Å². The molecule has 2 rings (SSSR count). The van der Waals surface area contributed by atoms with Gasteiger partial charge >= 0.3 is 5.97 Å². The maximum absolute atomic E-state index is 13.6. The molecule has 0 unspecified atom stereocenters. The van der Waals surface area contributed by atoms with Crippen molar-refractivity contribution in [2.24, 2.45) is 0 Å². The smallest absolute Gasteiger partial charge is 0.359 e. The van der Waals surface area contributed by atoms with Crippen molar-refractivity contribution in [3.05, 3.63) is 34.7 Å². The molecule has 4 nitrogen and oxygen atoms in total. The molecule has 0 fully saturated rings. The molecule has 2 N–H and O–H groups in total. The molecule has 1 aromatic carbocycles. The maximum Gasteiger partial charge on any atom is 0.359 e. The molecule has 0 radical (unpaired) electrons. The number of nitrogens with zero attached hydrogens (tertiary/aromatic N) is 1. The molecule has 0 atom stereocenters. The number of thiazole rings is 1. The van der Waals surface area contributed by atoms with Crippen molar-refractivity contribution in [2.45, 2.75) is 0 Å². The van der Waals surface area contributed by atoms with Crippen molar-refractivity contribution in [1.29, 1.82) is 0 Å². The summed E-state index contributed by atoms with van der Waals surface area (Å²) in [5, 5.41) is 0.837. The number of hydrogen-bond acceptors (Lipinski definition) is 5. The number of halogens is 2. The van der Waals surface area contributed by atoms with Crippen LogP contribution in [-0.2, 0) is 4.74 Å². The lowest BCUT2D eigenvalue weighted by atomic mass is 10.2. The van der Waals surface area contributed by atoms with Crippen LogP contribution in [0.25, 0.3) is 10.6 Å². The number of rotatable bonds is 2. The Labute approximate surface area is 111 Å². The van der Waals surface area contributed by atoms with Crippen molar-refractivity contribution in [1.82, 2.24) is 4.98 Å². The Morgan fingerprint density at radius 3 is 2.94 bits per heavy atom. The van der Waals surface area contributed by atoms with Gasteiger partial charge in [-0.1, -0.05) is 22.9 Å². The molecular formula is C11H8ClFN2O2S. The highest BCUT2D eigenvalue weighted by Gasteiger charge is 2.19. The molecule has 1 aromatic heterocycles. The van der Waals surface area contributed by atoms with Crippen molar-refractivity contribution in [3.8, 4) is 10.6 Å². The Morgan fingerprint density at radius 1 is 1.56 bits per heavy atom. The minimum absolute atomic E-state index is 0.0168. The van der Waals surface area contributed by atoms with Gasteiger partial charge in [-0.15, -0.1) is 0 Å². The Morgan fingerprint density at radius 2 is 2.28 bits per heavy atom. The summed E-state index contributed by atoms with van der Waals surface area (Å²) >= 11 is 6.79. The predicted octanol–water partition coefficient (Wildman–Crippen LogP) is 2.97. The van der Waals surface area contributed by atoms with E-state index < -0.39 is 11.8 Å². The third-order valence-corrected chi connectivity index (χ3v) is 3.34. The minimum Gasteiger partial charge on any atom is -0.464 e. The van der Waals surface area contributed by atoms with E-state index in [9.17, 15) is 9.18 Å². The topological polar surface area (TPSA) is 65.2 Å². The highest BCUT2D eigenvalue weighted by atomic mass is 35.5. The first-order valence-electron chi connectivity index (χ1n) is 4.83. The quantitative estimate of drug-likeness (QED) is 0.862. The average Bonchev–Trinajstić information content (AvgIpc) is 2.73. The first-order chi connectivity index (χ1) is 8.52. The summed E-state index contributed by atoms with van der Waals surface area (Å²) < 4.78 is 18.2. The number of benzene rings is 1. The van der Waals surface area contributed by atoms with Gasteiger partial charge in [-0.2, -0.15) is 0 Å². The van der Waals surface area contributed by atoms with Crippen molar-refractivity contribution in [2.75, 3.05) is 12.8 Å². The molecule has 0 saturated carbocycles. The molecule has 0 spiro atoms. The number of nitrogen functional groups attached to an aromatic ring is 1. The first-order valence-corrected chi connectivity index (χ1v) is 6.02. The zero-order valence-electron chi connectivity index (χ0n) is 9.24. The molecule has 18 heavy (non-hydrogen) atoms. The van der Waals surface area contributed by atoms with E-state index in [1.54, 1.807) is 0 Å². The summed E-state index contributed by atoms with van der Waals surface area (Å²) in [5.41, 5.74) is 5.83. The van der Waals surface area contributed by atoms with Crippen LogP contribution in [0, 0.1) is 5.82 Å². The van der Waals surface area contributed by atoms with E-state index in [4.69, 9.17) is 17.3 Å². The summed E-state index contributed by atoms with van der Waals surface area (Å²) in [5.74, 6) is -1.14. The van der Waals surface area contributed by atoms with Gasteiger partial charge in [0.05, 0.1) is 7.11 Å². The monoisotopic (exact) mass is 286 g/mol. The molecule has 0 aliphatic heterocycles. The lowest BCUT2D eigenvalue weighted by molar-refractivity contribution is 0.0596. The minimum atomic E-state index is -0.655. The van der Waals surface area contributed by atoms with Crippen LogP contribution in [-0.4, -0.2) is 18.1 Å². The molecule has 0 aliphatic carbocycles. The van der Waals surface area contributed by atoms with E-state index in [-0.39, 0.29) is 21.3 Å². The van der Waals surface area contributed by atoms with Gasteiger partial charge in [0.2, 0.25) is 0 Å². The Hall–Kier alpha value is -1.66. The molecule has 94 valence electrons. The second-order valence-electron chi connectivity index (χ2n) is 3.35. The second kappa shape index (κ2) is 4.91. The number of hydrogen-bond donors (Lipinski definition) is 1. The van der Waals surface area contributed by atoms with Crippen molar-refractivity contribution >= 4 is 33.9 Å². The van der Waals surface area contributed by atoms with Gasteiger partial charge in [0.25, 0.3) is 0 Å². The van der Waals surface area contributed by atoms with Crippen LogP contribution in [0.1, 0.15) is 10.5 Å². The largest absolute Gasteiger partial charge is 0.464 e. The van der Waals surface area contributed by atoms with Crippen LogP contribution >= 0.6 is 22.9 Å². The molecule has 0 amide bonds. The van der Waals surface area contributed by atoms with Crippen molar-refractivity contribution < 1.29 is 13.9 Å². The third-order valence-electron chi connectivity index (χ3n) is 2.19. The van der Waals surface area contributed by atoms with Crippen LogP contribution in [0.5, 0.6) is 0 Å². The maximum atomic E-state index is 13.6. The summed E-state index contributed by atoms with van der Waals surface area (Å²) in [6.07, 6.45) is 0. The predicted molar refractivity (Wildman–Crippen MR) is 68.3 cm³/mol. The Bertz CT molecular complexity index is 615. The summed E-state index contributed by atoms with van der Waals surface area (Å²) in [6, 6.07) is 4.09. The SMILES string of the molecule is COC(=O)c1nc(-c2cc(Cl)ccc2F)sc1N. The summed E-state index contributed by atoms with van der Waals surface area (Å²) in [7, 11) is 1.22. The Kier molecular flexibility index (Phi) is 3.49. The van der Waals surface area contributed by atoms with E-state index in [0.717, 1.165) is 11.3 Å². The van der Waals surface area contributed by atoms with Gasteiger partial charge in [0.15, 0.2) is 5.69 Å². The fourth-order valence-electron chi connectivity index (χ4n) is 1.35. The van der Waals surface area contributed by atoms with Gasteiger partial charge < -0.3 is 10.5 Å². The molecule has 2 aromatic rings. The standard InChI is InChI=1S/C11H8ClFN2O2S/c1-17-11(16)8-9(14)18-10(15-8)6-4-5(12)2-3-7(6)13/h2-4H,14H2,1H3. The zero-order valence-corrected chi connectivity index (χ0v) is 10.8. The normalized spacial score (nSPS) is 10.4. The Balaban J connectivity index is 2.52. The zero-order chi connectivity index (χ0) is 13.3. The van der Waals surface area contributed by atoms with Crippen LogP contribution < -0.4 is 5.73 Å². The number of aromatic nitrogens is 1. The summed E-state index contributed by atoms with van der Waals surface area (Å²) in [6.45, 7) is 0. The average molecular weight is 287 g/mol. The van der Waals surface area contributed by atoms with Gasteiger partial charge in [-0.3, -0.25) is 0 Å². The summed E-state index contributed by atoms with van der Waals surface area (Å²) in [4.78, 5) is 15.3. The van der Waals surface area contributed by atoms with E-state index in [1.807, 2.05) is 0 Å². The lowest BCUT2D eigenvalue weighted by Gasteiger charge is -1.99. The number of carbonyl (C=O) groups is 1. The number of methoxy groups -OCH3 is 1. The molecule has 0 bridgehead atoms. The number of carbonyl (C=O) groups excluding carboxylic acids is 1. The van der Waals surface area contributed by atoms with Gasteiger partial charge in [-0.05, 0) is 18.2 Å². The van der Waals surface area contributed by atoms with Crippen LogP contribution in [0.15, 0.2) is 18.2 Å². The van der Waals surface area contributed by atoms with Gasteiger partial charge in [0.1, 0.15) is 15.8 Å². The fourth-order valence-corrected chi connectivity index (χ4v) is 2.36. The highest BCUT2D eigenvalue weighted by Crippen LogP contribution is 2.33. The second-order valence-corrected chi connectivity index (χ2v) is 4.81. The van der Waals surface area contributed by atoms with E-state index in [0.29, 0.717) is 5.02 Å². The van der Waals surface area contributed by atoms with Crippen LogP contribution in [0.3, 0.4) is 0 Å². The number of ether oxygens (including phenoxy) is 1. The van der Waals surface area contributed by atoms with E-state index in [1.165, 1.54) is 25.3 Å². The highest BCUT2D eigenvalue weighted by molar-refractivity contribution is 7.19.